The van der Waals surface area contributed by atoms with Gasteiger partial charge in [0, 0.05) is 44.6 Å². The molecule has 7 nitrogen and oxygen atoms in total. The van der Waals surface area contributed by atoms with Gasteiger partial charge in [-0.1, -0.05) is 53.5 Å². The van der Waals surface area contributed by atoms with Gasteiger partial charge in [0.1, 0.15) is 5.76 Å². The summed E-state index contributed by atoms with van der Waals surface area (Å²) in [5.41, 5.74) is 4.87. The van der Waals surface area contributed by atoms with Gasteiger partial charge >= 0.3 is 0 Å². The standard InChI is InChI=1S/C29H29Cl2N5O2/c1-19-14-34-26(38-19)10-12-36(25-9-3-7-22-8-4-11-33-28(22)25)18-21-6-2-5-20(13-21)15-35-29(37)27-23(30)16-32-17-24(27)31/h2,4-6,8,11,13-14,16-17,25H,3,7,9-10,12,15,18H2,1H3,(H,35,37). The van der Waals surface area contributed by atoms with Gasteiger partial charge in [0.25, 0.3) is 5.91 Å². The molecule has 9 heteroatoms. The van der Waals surface area contributed by atoms with Gasteiger partial charge < -0.3 is 9.73 Å². The van der Waals surface area contributed by atoms with Crippen molar-refractivity contribution in [1.29, 1.82) is 0 Å². The summed E-state index contributed by atoms with van der Waals surface area (Å²) < 4.78 is 5.75. The third-order valence-electron chi connectivity index (χ3n) is 6.80. The second-order valence-electron chi connectivity index (χ2n) is 9.52. The minimum Gasteiger partial charge on any atom is -0.446 e. The van der Waals surface area contributed by atoms with Crippen molar-refractivity contribution in [2.75, 3.05) is 6.54 Å². The van der Waals surface area contributed by atoms with Crippen LogP contribution in [0.3, 0.4) is 0 Å². The van der Waals surface area contributed by atoms with Crippen LogP contribution in [0.1, 0.15) is 63.3 Å². The number of amides is 1. The number of benzene rings is 1. The lowest BCUT2D eigenvalue weighted by molar-refractivity contribution is 0.0951. The predicted molar refractivity (Wildman–Crippen MR) is 147 cm³/mol. The predicted octanol–water partition coefficient (Wildman–Crippen LogP) is 6.13. The fourth-order valence-electron chi connectivity index (χ4n) is 5.01. The molecule has 196 valence electrons. The number of nitrogens with one attached hydrogen (secondary N) is 1. The average Bonchev–Trinajstić information content (AvgIpc) is 3.34. The van der Waals surface area contributed by atoms with E-state index in [1.165, 1.54) is 18.0 Å². The zero-order chi connectivity index (χ0) is 26.5. The second-order valence-corrected chi connectivity index (χ2v) is 10.3. The van der Waals surface area contributed by atoms with Gasteiger partial charge in [-0.3, -0.25) is 19.7 Å². The summed E-state index contributed by atoms with van der Waals surface area (Å²) in [7, 11) is 0. The Morgan fingerprint density at radius 1 is 1.11 bits per heavy atom. The largest absolute Gasteiger partial charge is 0.446 e. The molecule has 4 aromatic rings. The van der Waals surface area contributed by atoms with Crippen LogP contribution in [0.4, 0.5) is 0 Å². The van der Waals surface area contributed by atoms with Crippen molar-refractivity contribution in [3.63, 3.8) is 0 Å². The zero-order valence-corrected chi connectivity index (χ0v) is 22.7. The van der Waals surface area contributed by atoms with Gasteiger partial charge in [0.05, 0.1) is 33.5 Å². The lowest BCUT2D eigenvalue weighted by Crippen LogP contribution is -2.33. The molecule has 0 saturated carbocycles. The van der Waals surface area contributed by atoms with E-state index in [9.17, 15) is 4.79 Å². The van der Waals surface area contributed by atoms with E-state index >= 15 is 0 Å². The molecule has 0 saturated heterocycles. The van der Waals surface area contributed by atoms with Crippen LogP contribution in [0, 0.1) is 6.92 Å². The van der Waals surface area contributed by atoms with Crippen LogP contribution < -0.4 is 5.32 Å². The van der Waals surface area contributed by atoms with E-state index in [1.54, 1.807) is 6.20 Å². The molecule has 0 radical (unpaired) electrons. The summed E-state index contributed by atoms with van der Waals surface area (Å²) in [4.78, 5) is 28.3. The van der Waals surface area contributed by atoms with E-state index in [4.69, 9.17) is 32.6 Å². The highest BCUT2D eigenvalue weighted by Crippen LogP contribution is 2.34. The van der Waals surface area contributed by atoms with Crippen molar-refractivity contribution >= 4 is 29.1 Å². The number of halogens is 2. The van der Waals surface area contributed by atoms with Crippen LogP contribution in [0.25, 0.3) is 0 Å². The van der Waals surface area contributed by atoms with Gasteiger partial charge in [-0.2, -0.15) is 0 Å². The summed E-state index contributed by atoms with van der Waals surface area (Å²) in [6, 6.07) is 12.7. The van der Waals surface area contributed by atoms with Crippen molar-refractivity contribution in [2.45, 2.75) is 51.7 Å². The molecule has 0 aliphatic heterocycles. The third kappa shape index (κ3) is 6.23. The summed E-state index contributed by atoms with van der Waals surface area (Å²) in [5, 5.41) is 3.37. The molecule has 3 heterocycles. The summed E-state index contributed by atoms with van der Waals surface area (Å²) in [6.07, 6.45) is 10.4. The highest BCUT2D eigenvalue weighted by molar-refractivity contribution is 6.39. The van der Waals surface area contributed by atoms with Crippen molar-refractivity contribution < 1.29 is 9.21 Å². The Balaban J connectivity index is 1.32. The maximum absolute atomic E-state index is 12.7. The first-order valence-corrected chi connectivity index (χ1v) is 13.5. The smallest absolute Gasteiger partial charge is 0.254 e. The van der Waals surface area contributed by atoms with Crippen LogP contribution in [-0.2, 0) is 25.9 Å². The van der Waals surface area contributed by atoms with Crippen molar-refractivity contribution in [2.24, 2.45) is 0 Å². The number of aryl methyl sites for hydroxylation is 2. The number of oxazole rings is 1. The molecule has 1 N–H and O–H groups in total. The summed E-state index contributed by atoms with van der Waals surface area (Å²) >= 11 is 12.3. The van der Waals surface area contributed by atoms with Gasteiger partial charge in [-0.05, 0) is 48.9 Å². The Morgan fingerprint density at radius 2 is 1.92 bits per heavy atom. The Hall–Kier alpha value is -3.26. The van der Waals surface area contributed by atoms with Gasteiger partial charge in [0.15, 0.2) is 5.89 Å². The molecule has 5 rings (SSSR count). The minimum atomic E-state index is -0.333. The molecule has 0 fully saturated rings. The first-order valence-electron chi connectivity index (χ1n) is 12.7. The lowest BCUT2D eigenvalue weighted by Gasteiger charge is -2.35. The minimum absolute atomic E-state index is 0.218. The number of carbonyl (C=O) groups excluding carboxylic acids is 1. The number of hydrogen-bond acceptors (Lipinski definition) is 6. The number of pyridine rings is 2. The molecular weight excluding hydrogens is 521 g/mol. The van der Waals surface area contributed by atoms with Crippen LogP contribution in [0.2, 0.25) is 10.0 Å². The molecule has 1 aromatic carbocycles. The lowest BCUT2D eigenvalue weighted by atomic mass is 9.90. The SMILES string of the molecule is Cc1cnc(CCN(Cc2cccc(CNC(=O)c3c(Cl)cncc3Cl)c2)C2CCCc3cccnc32)o1. The maximum Gasteiger partial charge on any atom is 0.254 e. The number of rotatable bonds is 9. The van der Waals surface area contributed by atoms with Crippen molar-refractivity contribution in [3.8, 4) is 0 Å². The van der Waals surface area contributed by atoms with Gasteiger partial charge in [0.2, 0.25) is 0 Å². The second kappa shape index (κ2) is 12.1. The number of fused-ring (bicyclic) bond motifs is 1. The molecule has 1 atom stereocenters. The van der Waals surface area contributed by atoms with E-state index in [1.807, 2.05) is 31.3 Å². The van der Waals surface area contributed by atoms with Crippen molar-refractivity contribution in [3.05, 3.63) is 111 Å². The maximum atomic E-state index is 12.7. The Labute approximate surface area is 232 Å². The summed E-state index contributed by atoms with van der Waals surface area (Å²) in [5.74, 6) is 1.23. The first-order chi connectivity index (χ1) is 18.5. The van der Waals surface area contributed by atoms with E-state index in [2.05, 4.69) is 38.4 Å². The topological polar surface area (TPSA) is 84.2 Å². The first kappa shape index (κ1) is 26.4. The Morgan fingerprint density at radius 3 is 2.71 bits per heavy atom. The van der Waals surface area contributed by atoms with Gasteiger partial charge in [-0.25, -0.2) is 4.98 Å². The molecule has 1 unspecified atom stereocenters. The molecule has 1 aliphatic rings. The highest BCUT2D eigenvalue weighted by Gasteiger charge is 2.27. The monoisotopic (exact) mass is 549 g/mol. The summed E-state index contributed by atoms with van der Waals surface area (Å²) in [6.45, 7) is 3.80. The van der Waals surface area contributed by atoms with E-state index in [-0.39, 0.29) is 27.6 Å². The number of carbonyl (C=O) groups is 1. The van der Waals surface area contributed by atoms with E-state index in [0.29, 0.717) is 6.54 Å². The Bertz CT molecular complexity index is 1400. The molecule has 0 bridgehead atoms. The van der Waals surface area contributed by atoms with E-state index < -0.39 is 0 Å². The molecule has 3 aromatic heterocycles. The quantitative estimate of drug-likeness (QED) is 0.270. The molecule has 1 amide bonds. The Kier molecular flexibility index (Phi) is 8.37. The molecule has 1 aliphatic carbocycles. The molecular formula is C29H29Cl2N5O2. The fourth-order valence-corrected chi connectivity index (χ4v) is 5.55. The normalized spacial score (nSPS) is 14.9. The highest BCUT2D eigenvalue weighted by atomic mass is 35.5. The fraction of sp³-hybridized carbons (Fsp3) is 0.310. The van der Waals surface area contributed by atoms with E-state index in [0.717, 1.165) is 67.2 Å². The van der Waals surface area contributed by atoms with Crippen LogP contribution in [-0.4, -0.2) is 32.3 Å². The van der Waals surface area contributed by atoms with Crippen LogP contribution >= 0.6 is 23.2 Å². The third-order valence-corrected chi connectivity index (χ3v) is 7.37. The number of aromatic nitrogens is 3. The van der Waals surface area contributed by atoms with Crippen LogP contribution in [0.5, 0.6) is 0 Å². The molecule has 0 spiro atoms. The van der Waals surface area contributed by atoms with Crippen molar-refractivity contribution in [1.82, 2.24) is 25.2 Å². The van der Waals surface area contributed by atoms with Crippen LogP contribution in [0.15, 0.2) is 65.6 Å². The van der Waals surface area contributed by atoms with Gasteiger partial charge in [-0.15, -0.1) is 0 Å². The zero-order valence-electron chi connectivity index (χ0n) is 21.2. The molecule has 38 heavy (non-hydrogen) atoms. The average molecular weight is 550 g/mol. The number of nitrogens with zero attached hydrogens (tertiary/aromatic N) is 4. The number of hydrogen-bond donors (Lipinski definition) is 1.